The topological polar surface area (TPSA) is 108 Å². The third kappa shape index (κ3) is 49.6. The van der Waals surface area contributed by atoms with E-state index in [0.29, 0.717) is 23.9 Å². The summed E-state index contributed by atoms with van der Waals surface area (Å²) in [5.41, 5.74) is 0. The predicted octanol–water partition coefficient (Wildman–Crippen LogP) is 14.9. The van der Waals surface area contributed by atoms with Crippen LogP contribution in [-0.4, -0.2) is 87.4 Å². The van der Waals surface area contributed by atoms with Crippen LogP contribution in [0.5, 0.6) is 0 Å². The molecule has 2 atom stereocenters. The van der Waals surface area contributed by atoms with E-state index in [1.54, 1.807) is 0 Å². The Labute approximate surface area is 415 Å². The molecule has 0 bridgehead atoms. The Morgan fingerprint density at radius 1 is 0.456 bits per heavy atom. The molecule has 0 aromatic rings. The summed E-state index contributed by atoms with van der Waals surface area (Å²) in [6.45, 7) is 4.64. The second-order valence-corrected chi connectivity index (χ2v) is 18.1. The molecular weight excluding hydrogens is 851 g/mol. The first-order valence-corrected chi connectivity index (χ1v) is 26.2. The van der Waals surface area contributed by atoms with Crippen LogP contribution in [0, 0.1) is 0 Å². The lowest BCUT2D eigenvalue weighted by molar-refractivity contribution is -0.870. The molecule has 0 spiro atoms. The maximum Gasteiger partial charge on any atom is 0.361 e. The number of carboxylic acid groups (broad SMARTS) is 1. The van der Waals surface area contributed by atoms with Gasteiger partial charge in [0.05, 0.1) is 34.4 Å². The number of hydrogen-bond donors (Lipinski definition) is 1. The fourth-order valence-electron chi connectivity index (χ4n) is 6.42. The molecule has 9 heteroatoms. The lowest BCUT2D eigenvalue weighted by Gasteiger charge is -2.25. The van der Waals surface area contributed by atoms with E-state index in [1.807, 2.05) is 21.1 Å². The van der Waals surface area contributed by atoms with Crippen molar-refractivity contribution in [2.24, 2.45) is 0 Å². The van der Waals surface area contributed by atoms with Gasteiger partial charge in [-0.05, 0) is 103 Å². The van der Waals surface area contributed by atoms with Crippen LogP contribution in [0.4, 0.5) is 0 Å². The molecular formula is C59H96NO8+. The van der Waals surface area contributed by atoms with Crippen LogP contribution in [0.25, 0.3) is 0 Å². The van der Waals surface area contributed by atoms with Crippen LogP contribution < -0.4 is 0 Å². The second kappa shape index (κ2) is 49.1. The van der Waals surface area contributed by atoms with Crippen molar-refractivity contribution >= 4 is 17.9 Å². The molecule has 0 amide bonds. The number of carboxylic acids is 1. The van der Waals surface area contributed by atoms with E-state index < -0.39 is 24.3 Å². The Balaban J connectivity index is 4.46. The van der Waals surface area contributed by atoms with Gasteiger partial charge >= 0.3 is 17.9 Å². The molecule has 9 nitrogen and oxygen atoms in total. The van der Waals surface area contributed by atoms with Gasteiger partial charge in [0.1, 0.15) is 13.2 Å². The van der Waals surface area contributed by atoms with E-state index >= 15 is 0 Å². The number of nitrogens with zero attached hydrogens (tertiary/aromatic N) is 1. The van der Waals surface area contributed by atoms with Crippen molar-refractivity contribution in [3.8, 4) is 0 Å². The van der Waals surface area contributed by atoms with E-state index in [-0.39, 0.29) is 38.6 Å². The number of esters is 2. The van der Waals surface area contributed by atoms with Crippen molar-refractivity contribution in [2.75, 3.05) is 47.5 Å². The molecule has 0 aliphatic heterocycles. The molecule has 0 fully saturated rings. The largest absolute Gasteiger partial charge is 0.477 e. The highest BCUT2D eigenvalue weighted by Crippen LogP contribution is 2.12. The normalized spacial score (nSPS) is 13.8. The molecule has 0 rings (SSSR count). The molecule has 0 aliphatic rings. The minimum atomic E-state index is -1.53. The summed E-state index contributed by atoms with van der Waals surface area (Å²) in [5.74, 6) is -2.12. The monoisotopic (exact) mass is 947 g/mol. The number of likely N-dealkylation sites (N-methyl/N-ethyl adjacent to an activating group) is 1. The van der Waals surface area contributed by atoms with Gasteiger partial charge in [-0.3, -0.25) is 9.59 Å². The maximum absolute atomic E-state index is 12.8. The molecule has 68 heavy (non-hydrogen) atoms. The molecule has 0 aromatic heterocycles. The summed E-state index contributed by atoms with van der Waals surface area (Å²) in [6.07, 6.45) is 65.6. The number of carbonyl (C=O) groups is 3. The third-order valence-corrected chi connectivity index (χ3v) is 10.5. The van der Waals surface area contributed by atoms with Crippen LogP contribution >= 0.6 is 0 Å². The highest BCUT2D eigenvalue weighted by atomic mass is 16.7. The molecule has 0 saturated carbocycles. The van der Waals surface area contributed by atoms with Gasteiger partial charge in [-0.15, -0.1) is 0 Å². The first-order chi connectivity index (χ1) is 33.1. The average Bonchev–Trinajstić information content (AvgIpc) is 3.30. The lowest BCUT2D eigenvalue weighted by Crippen LogP contribution is -2.40. The predicted molar refractivity (Wildman–Crippen MR) is 285 cm³/mol. The summed E-state index contributed by atoms with van der Waals surface area (Å²) in [6, 6.07) is 0. The molecule has 384 valence electrons. The Hall–Kier alpha value is -4.31. The van der Waals surface area contributed by atoms with Crippen LogP contribution in [0.2, 0.25) is 0 Å². The summed E-state index contributed by atoms with van der Waals surface area (Å²) in [5, 5.41) is 9.66. The van der Waals surface area contributed by atoms with Crippen molar-refractivity contribution in [2.45, 2.75) is 187 Å². The molecule has 0 radical (unpaired) electrons. The molecule has 0 heterocycles. The van der Waals surface area contributed by atoms with Crippen molar-refractivity contribution in [1.82, 2.24) is 0 Å². The molecule has 0 saturated heterocycles. The van der Waals surface area contributed by atoms with Gasteiger partial charge in [-0.1, -0.05) is 180 Å². The number of aliphatic carboxylic acids is 1. The van der Waals surface area contributed by atoms with Crippen molar-refractivity contribution in [3.63, 3.8) is 0 Å². The minimum Gasteiger partial charge on any atom is -0.477 e. The number of allylic oxidation sites excluding steroid dienone is 20. The zero-order valence-corrected chi connectivity index (χ0v) is 43.5. The number of hydrogen-bond acceptors (Lipinski definition) is 7. The van der Waals surface area contributed by atoms with Gasteiger partial charge in [0, 0.05) is 12.8 Å². The molecule has 2 unspecified atom stereocenters. The van der Waals surface area contributed by atoms with Gasteiger partial charge in [0.2, 0.25) is 0 Å². The average molecular weight is 947 g/mol. The van der Waals surface area contributed by atoms with Gasteiger partial charge < -0.3 is 28.5 Å². The number of rotatable bonds is 46. The smallest absolute Gasteiger partial charge is 0.361 e. The highest BCUT2D eigenvalue weighted by Gasteiger charge is 2.25. The number of ether oxygens (including phenoxy) is 4. The van der Waals surface area contributed by atoms with Gasteiger partial charge in [0.15, 0.2) is 6.10 Å². The van der Waals surface area contributed by atoms with Crippen molar-refractivity contribution < 1.29 is 42.9 Å². The van der Waals surface area contributed by atoms with Gasteiger partial charge in [-0.25, -0.2) is 4.79 Å². The zero-order chi connectivity index (χ0) is 49.9. The molecule has 0 aliphatic carbocycles. The zero-order valence-electron chi connectivity index (χ0n) is 43.5. The van der Waals surface area contributed by atoms with E-state index in [9.17, 15) is 19.5 Å². The van der Waals surface area contributed by atoms with Crippen LogP contribution in [0.1, 0.15) is 174 Å². The Morgan fingerprint density at radius 2 is 0.853 bits per heavy atom. The highest BCUT2D eigenvalue weighted by molar-refractivity contribution is 5.71. The van der Waals surface area contributed by atoms with E-state index in [0.717, 1.165) is 96.3 Å². The summed E-state index contributed by atoms with van der Waals surface area (Å²) in [7, 11) is 5.93. The van der Waals surface area contributed by atoms with Crippen molar-refractivity contribution in [1.29, 1.82) is 0 Å². The SMILES string of the molecule is CC/C=C\C/C=C\C/C=C\C/C=C\C/C=C\C/C=C\C/C=C\C/C=C\C/C=C\CCCC(=O)OC(COC(=O)CCCCCCC/C=C\CCCCCCC)COC(OCC[N+](C)(C)C)C(=O)O. The van der Waals surface area contributed by atoms with Gasteiger partial charge in [0.25, 0.3) is 6.29 Å². The summed E-state index contributed by atoms with van der Waals surface area (Å²) < 4.78 is 22.7. The fourth-order valence-corrected chi connectivity index (χ4v) is 6.42. The first-order valence-electron chi connectivity index (χ1n) is 26.2. The lowest BCUT2D eigenvalue weighted by atomic mass is 10.1. The molecule has 0 aromatic carbocycles. The fraction of sp³-hybridized carbons (Fsp3) is 0.610. The van der Waals surface area contributed by atoms with Crippen LogP contribution in [0.15, 0.2) is 122 Å². The van der Waals surface area contributed by atoms with Crippen LogP contribution in [0.3, 0.4) is 0 Å². The molecule has 1 N–H and O–H groups in total. The van der Waals surface area contributed by atoms with E-state index in [1.165, 1.54) is 38.5 Å². The van der Waals surface area contributed by atoms with E-state index in [2.05, 4.69) is 135 Å². The quantitative estimate of drug-likeness (QED) is 0.0211. The first kappa shape index (κ1) is 63.7. The maximum atomic E-state index is 12.8. The summed E-state index contributed by atoms with van der Waals surface area (Å²) in [4.78, 5) is 37.2. The van der Waals surface area contributed by atoms with Crippen molar-refractivity contribution in [3.05, 3.63) is 122 Å². The van der Waals surface area contributed by atoms with E-state index in [4.69, 9.17) is 18.9 Å². The third-order valence-electron chi connectivity index (χ3n) is 10.5. The minimum absolute atomic E-state index is 0.169. The second-order valence-electron chi connectivity index (χ2n) is 18.1. The standard InChI is InChI=1S/C59H95NO8/c1-6-8-10-12-14-16-18-20-22-23-24-25-26-27-28-29-30-31-32-33-34-35-36-38-40-42-44-46-48-50-57(62)68-55(54-67-59(58(63)64)65-52-51-60(3,4)5)53-66-56(61)49-47-45-43-41-39-37-21-19-17-15-13-11-9-7-2/h8,10,14,16,19-22,24-25,27-28,30-31,33-34,36,38,42,44,55,59H,6-7,9,11-13,15,17-18,23,26,29,32,35,37,39-41,43,45-54H2,1-5H3/p+1/b10-8-,16-14-,21-19-,22-20-,25-24-,28-27-,31-30-,34-33-,38-36-,44-42-. The van der Waals surface area contributed by atoms with Gasteiger partial charge in [-0.2, -0.15) is 0 Å². The number of carbonyl (C=O) groups excluding carboxylic acids is 2. The summed E-state index contributed by atoms with van der Waals surface area (Å²) >= 11 is 0. The Kier molecular flexibility index (Phi) is 46.0. The Bertz CT molecular complexity index is 1520. The Morgan fingerprint density at radius 3 is 1.31 bits per heavy atom. The number of quaternary nitrogens is 1. The van der Waals surface area contributed by atoms with Crippen LogP contribution in [-0.2, 0) is 33.3 Å². The number of unbranched alkanes of at least 4 members (excludes halogenated alkanes) is 11.